The minimum Gasteiger partial charge on any atom is -0.508 e. The number of nitrogens with zero attached hydrogens (tertiary/aromatic N) is 1. The Morgan fingerprint density at radius 1 is 0.882 bits per heavy atom. The molecule has 0 radical (unpaired) electrons. The van der Waals surface area contributed by atoms with Crippen LogP contribution in [0.1, 0.15) is 52.7 Å². The summed E-state index contributed by atoms with van der Waals surface area (Å²) in [7, 11) is 0. The molecule has 3 aromatic carbocycles. The van der Waals surface area contributed by atoms with Gasteiger partial charge in [-0.05, 0) is 88.2 Å². The van der Waals surface area contributed by atoms with Crippen LogP contribution in [-0.4, -0.2) is 52.6 Å². The molecule has 184 valence electrons. The zero-order chi connectivity index (χ0) is 24.9. The first-order valence-corrected chi connectivity index (χ1v) is 12.1. The van der Waals surface area contributed by atoms with Crippen LogP contribution in [0, 0.1) is 0 Å². The summed E-state index contributed by atoms with van der Waals surface area (Å²) in [6, 6.07) is 18.4. The summed E-state index contributed by atoms with van der Waals surface area (Å²) < 4.78 is 12.0. The van der Waals surface area contributed by atoms with E-state index in [-0.39, 0.29) is 12.4 Å². The van der Waals surface area contributed by atoms with Crippen LogP contribution in [0.5, 0.6) is 17.2 Å². The third-order valence-electron chi connectivity index (χ3n) is 5.90. The molecular weight excluding hydrogens is 426 g/mol. The summed E-state index contributed by atoms with van der Waals surface area (Å²) in [6.07, 6.45) is 0.665. The Morgan fingerprint density at radius 3 is 2.18 bits per heavy atom. The molecule has 2 N–H and O–H groups in total. The van der Waals surface area contributed by atoms with Crippen LogP contribution in [0.25, 0.3) is 10.8 Å². The molecule has 0 aliphatic rings. The van der Waals surface area contributed by atoms with Crippen LogP contribution in [0.2, 0.25) is 0 Å². The first kappa shape index (κ1) is 25.9. The van der Waals surface area contributed by atoms with Crippen molar-refractivity contribution in [3.8, 4) is 17.2 Å². The fraction of sp³-hybridized carbons (Fsp3) is 0.448. The van der Waals surface area contributed by atoms with Crippen LogP contribution >= 0.6 is 0 Å². The van der Waals surface area contributed by atoms with E-state index in [9.17, 15) is 10.2 Å². The van der Waals surface area contributed by atoms with E-state index in [0.717, 1.165) is 39.9 Å². The molecule has 34 heavy (non-hydrogen) atoms. The average Bonchev–Trinajstić information content (AvgIpc) is 2.75. The van der Waals surface area contributed by atoms with Gasteiger partial charge >= 0.3 is 0 Å². The third-order valence-corrected chi connectivity index (χ3v) is 5.90. The first-order valence-electron chi connectivity index (χ1n) is 12.1. The number of aliphatic hydroxyl groups is 1. The lowest BCUT2D eigenvalue weighted by Gasteiger charge is -2.30. The number of rotatable bonds is 11. The lowest BCUT2D eigenvalue weighted by Crippen LogP contribution is -2.39. The predicted octanol–water partition coefficient (Wildman–Crippen LogP) is 5.78. The highest BCUT2D eigenvalue weighted by atomic mass is 16.5. The molecule has 3 rings (SSSR count). The minimum atomic E-state index is -0.930. The van der Waals surface area contributed by atoms with Gasteiger partial charge in [0.05, 0.1) is 5.60 Å². The van der Waals surface area contributed by atoms with Crippen LogP contribution in [0.3, 0.4) is 0 Å². The fourth-order valence-electron chi connectivity index (χ4n) is 4.22. The van der Waals surface area contributed by atoms with Gasteiger partial charge in [-0.25, -0.2) is 0 Å². The van der Waals surface area contributed by atoms with E-state index >= 15 is 0 Å². The van der Waals surface area contributed by atoms with Gasteiger partial charge < -0.3 is 19.7 Å². The maximum atomic E-state index is 10.1. The van der Waals surface area contributed by atoms with Gasteiger partial charge in [0.1, 0.15) is 30.5 Å². The summed E-state index contributed by atoms with van der Waals surface area (Å²) in [5.74, 6) is 1.83. The number of phenolic OH excluding ortho intramolecular Hbond substituents is 1. The van der Waals surface area contributed by atoms with Crippen molar-refractivity contribution in [3.63, 3.8) is 0 Å². The highest BCUT2D eigenvalue weighted by molar-refractivity contribution is 5.89. The van der Waals surface area contributed by atoms with Crippen molar-refractivity contribution >= 4 is 10.8 Å². The highest BCUT2D eigenvalue weighted by Gasteiger charge is 2.17. The molecular formula is C29H39NO4. The van der Waals surface area contributed by atoms with Crippen LogP contribution in [0.15, 0.2) is 54.6 Å². The Labute approximate surface area is 203 Å². The second-order valence-electron chi connectivity index (χ2n) is 10.1. The molecule has 0 unspecified atom stereocenters. The normalized spacial score (nSPS) is 12.2. The van der Waals surface area contributed by atoms with Gasteiger partial charge in [0, 0.05) is 30.6 Å². The molecule has 0 bridgehead atoms. The van der Waals surface area contributed by atoms with Crippen molar-refractivity contribution in [2.45, 2.75) is 65.6 Å². The van der Waals surface area contributed by atoms with Crippen LogP contribution in [-0.2, 0) is 6.42 Å². The lowest BCUT2D eigenvalue weighted by atomic mass is 9.97. The first-order chi connectivity index (χ1) is 16.0. The Morgan fingerprint density at radius 2 is 1.56 bits per heavy atom. The van der Waals surface area contributed by atoms with Crippen molar-refractivity contribution in [2.24, 2.45) is 0 Å². The van der Waals surface area contributed by atoms with Gasteiger partial charge in [0.25, 0.3) is 0 Å². The number of aromatic hydroxyl groups is 1. The standard InChI is InChI=1S/C29H39NO4/c1-20(2)30(21(3)4)15-16-33-25-11-7-22(8-12-25)17-27-26-13-10-24(31)18-23(26)9-14-28(27)34-19-29(5,6)32/h7-14,18,20-21,31-32H,15-17,19H2,1-6H3. The summed E-state index contributed by atoms with van der Waals surface area (Å²) in [6.45, 7) is 14.0. The molecule has 0 spiro atoms. The monoisotopic (exact) mass is 465 g/mol. The number of ether oxygens (including phenoxy) is 2. The van der Waals surface area contributed by atoms with Gasteiger partial charge in [0.15, 0.2) is 0 Å². The molecule has 5 heteroatoms. The molecule has 0 saturated carbocycles. The molecule has 0 saturated heterocycles. The van der Waals surface area contributed by atoms with Crippen molar-refractivity contribution in [1.82, 2.24) is 4.90 Å². The van der Waals surface area contributed by atoms with E-state index in [0.29, 0.717) is 25.1 Å². The number of phenols is 1. The topological polar surface area (TPSA) is 62.2 Å². The number of benzene rings is 3. The van der Waals surface area contributed by atoms with E-state index < -0.39 is 5.60 Å². The molecule has 0 atom stereocenters. The maximum absolute atomic E-state index is 10.1. The van der Waals surface area contributed by atoms with Crippen molar-refractivity contribution in [2.75, 3.05) is 19.8 Å². The highest BCUT2D eigenvalue weighted by Crippen LogP contribution is 2.33. The van der Waals surface area contributed by atoms with Gasteiger partial charge in [-0.2, -0.15) is 0 Å². The van der Waals surface area contributed by atoms with Crippen molar-refractivity contribution in [1.29, 1.82) is 0 Å². The molecule has 0 amide bonds. The smallest absolute Gasteiger partial charge is 0.123 e. The SMILES string of the molecule is CC(C)N(CCOc1ccc(Cc2c(OCC(C)(C)O)ccc3cc(O)ccc23)cc1)C(C)C. The quantitative estimate of drug-likeness (QED) is 0.376. The maximum Gasteiger partial charge on any atom is 0.123 e. The number of hydrogen-bond donors (Lipinski definition) is 2. The fourth-order valence-corrected chi connectivity index (χ4v) is 4.22. The van der Waals surface area contributed by atoms with Gasteiger partial charge in [-0.3, -0.25) is 4.90 Å². The summed E-state index contributed by atoms with van der Waals surface area (Å²) in [4.78, 5) is 2.42. The number of hydrogen-bond acceptors (Lipinski definition) is 5. The van der Waals surface area contributed by atoms with Gasteiger partial charge in [-0.1, -0.05) is 24.3 Å². The van der Waals surface area contributed by atoms with Crippen molar-refractivity contribution in [3.05, 3.63) is 65.7 Å². The van der Waals surface area contributed by atoms with Crippen molar-refractivity contribution < 1.29 is 19.7 Å². The van der Waals surface area contributed by atoms with Crippen LogP contribution in [0.4, 0.5) is 0 Å². The number of fused-ring (bicyclic) bond motifs is 1. The average molecular weight is 466 g/mol. The Kier molecular flexibility index (Phi) is 8.45. The molecule has 0 heterocycles. The summed E-state index contributed by atoms with van der Waals surface area (Å²) in [5.41, 5.74) is 1.23. The molecule has 3 aromatic rings. The van der Waals surface area contributed by atoms with E-state index in [4.69, 9.17) is 9.47 Å². The zero-order valence-electron chi connectivity index (χ0n) is 21.3. The minimum absolute atomic E-state index is 0.195. The Bertz CT molecular complexity index is 1060. The lowest BCUT2D eigenvalue weighted by molar-refractivity contribution is 0.0282. The molecule has 0 aliphatic carbocycles. The molecule has 0 fully saturated rings. The van der Waals surface area contributed by atoms with E-state index in [2.05, 4.69) is 44.7 Å². The molecule has 5 nitrogen and oxygen atoms in total. The van der Waals surface area contributed by atoms with E-state index in [1.165, 1.54) is 0 Å². The Hall–Kier alpha value is -2.76. The second kappa shape index (κ2) is 11.1. The van der Waals surface area contributed by atoms with Gasteiger partial charge in [0.2, 0.25) is 0 Å². The molecule has 0 aliphatic heterocycles. The van der Waals surface area contributed by atoms with E-state index in [1.807, 2.05) is 30.3 Å². The molecule has 0 aromatic heterocycles. The second-order valence-corrected chi connectivity index (χ2v) is 10.1. The van der Waals surface area contributed by atoms with Gasteiger partial charge in [-0.15, -0.1) is 0 Å². The van der Waals surface area contributed by atoms with Crippen LogP contribution < -0.4 is 9.47 Å². The summed E-state index contributed by atoms with van der Waals surface area (Å²) in [5, 5.41) is 22.0. The Balaban J connectivity index is 1.76. The van der Waals surface area contributed by atoms with E-state index in [1.54, 1.807) is 26.0 Å². The largest absolute Gasteiger partial charge is 0.508 e. The summed E-state index contributed by atoms with van der Waals surface area (Å²) >= 11 is 0. The zero-order valence-corrected chi connectivity index (χ0v) is 21.3. The predicted molar refractivity (Wildman–Crippen MR) is 139 cm³/mol. The third kappa shape index (κ3) is 7.12.